The molecule has 1 N–H and O–H groups in total. The van der Waals surface area contributed by atoms with Crippen molar-refractivity contribution in [3.8, 4) is 0 Å². The quantitative estimate of drug-likeness (QED) is 0.505. The van der Waals surface area contributed by atoms with E-state index in [1.165, 1.54) is 24.3 Å². The number of carbonyl (C=O) groups is 1. The van der Waals surface area contributed by atoms with Crippen LogP contribution >= 0.6 is 15.9 Å². The molecule has 6 heteroatoms. The van der Waals surface area contributed by atoms with Crippen molar-refractivity contribution in [2.45, 2.75) is 33.2 Å². The van der Waals surface area contributed by atoms with Gasteiger partial charge in [0, 0.05) is 29.1 Å². The molecule has 20 heavy (non-hydrogen) atoms. The lowest BCUT2D eigenvalue weighted by Crippen LogP contribution is -2.44. The van der Waals surface area contributed by atoms with Crippen LogP contribution in [0, 0.1) is 15.5 Å². The van der Waals surface area contributed by atoms with Gasteiger partial charge in [-0.2, -0.15) is 0 Å². The Morgan fingerprint density at radius 2 is 1.90 bits per heavy atom. The molecule has 0 aliphatic heterocycles. The maximum atomic E-state index is 12.2. The average molecular weight is 343 g/mol. The number of nitrogens with zero attached hydrogens (tertiary/aromatic N) is 1. The normalized spacial score (nSPS) is 12.8. The first-order valence-electron chi connectivity index (χ1n) is 6.37. The lowest BCUT2D eigenvalue weighted by molar-refractivity contribution is -0.384. The van der Waals surface area contributed by atoms with E-state index < -0.39 is 4.92 Å². The summed E-state index contributed by atoms with van der Waals surface area (Å²) in [7, 11) is 0. The van der Waals surface area contributed by atoms with Crippen LogP contribution in [0.25, 0.3) is 0 Å². The van der Waals surface area contributed by atoms with E-state index in [-0.39, 0.29) is 23.1 Å². The first-order chi connectivity index (χ1) is 9.25. The van der Waals surface area contributed by atoms with Gasteiger partial charge < -0.3 is 5.32 Å². The van der Waals surface area contributed by atoms with Gasteiger partial charge in [-0.1, -0.05) is 36.7 Å². The number of rotatable bonds is 5. The van der Waals surface area contributed by atoms with E-state index in [1.54, 1.807) is 0 Å². The molecule has 0 radical (unpaired) electrons. The fraction of sp³-hybridized carbons (Fsp3) is 0.500. The van der Waals surface area contributed by atoms with Crippen molar-refractivity contribution in [3.63, 3.8) is 0 Å². The number of hydrogen-bond acceptors (Lipinski definition) is 3. The van der Waals surface area contributed by atoms with Gasteiger partial charge in [-0.25, -0.2) is 0 Å². The second-order valence-corrected chi connectivity index (χ2v) is 6.47. The summed E-state index contributed by atoms with van der Waals surface area (Å²) < 4.78 is 0. The minimum absolute atomic E-state index is 0.0191. The van der Waals surface area contributed by atoms with Crippen molar-refractivity contribution in [3.05, 3.63) is 39.9 Å². The molecule has 1 rings (SSSR count). The first-order valence-corrected chi connectivity index (χ1v) is 7.49. The molecule has 0 aliphatic rings. The van der Waals surface area contributed by atoms with E-state index in [1.807, 2.05) is 0 Å². The van der Waals surface area contributed by atoms with E-state index in [9.17, 15) is 14.9 Å². The fourth-order valence-corrected chi connectivity index (χ4v) is 2.26. The Balaban J connectivity index is 2.81. The standard InChI is InChI=1S/C14H19BrN2O3/c1-14(2,3)12(8-9-15)16-13(18)10-4-6-11(7-5-10)17(19)20/h4-7,12H,8-9H2,1-3H3,(H,16,18). The molecule has 5 nitrogen and oxygen atoms in total. The van der Waals surface area contributed by atoms with Gasteiger partial charge in [-0.3, -0.25) is 14.9 Å². The molecular weight excluding hydrogens is 324 g/mol. The number of hydrogen-bond donors (Lipinski definition) is 1. The summed E-state index contributed by atoms with van der Waals surface area (Å²) in [5, 5.41) is 14.4. The predicted molar refractivity (Wildman–Crippen MR) is 82.2 cm³/mol. The van der Waals surface area contributed by atoms with Crippen molar-refractivity contribution in [2.75, 3.05) is 5.33 Å². The van der Waals surface area contributed by atoms with Gasteiger partial charge in [0.25, 0.3) is 11.6 Å². The van der Waals surface area contributed by atoms with Crippen LogP contribution in [0.2, 0.25) is 0 Å². The predicted octanol–water partition coefficient (Wildman–Crippen LogP) is 3.52. The molecule has 0 aromatic heterocycles. The molecule has 110 valence electrons. The molecule has 1 unspecified atom stereocenters. The van der Waals surface area contributed by atoms with Crippen LogP contribution in [0.5, 0.6) is 0 Å². The summed E-state index contributed by atoms with van der Waals surface area (Å²) in [5.41, 5.74) is 0.360. The average Bonchev–Trinajstić information content (AvgIpc) is 2.37. The van der Waals surface area contributed by atoms with Gasteiger partial charge in [0.05, 0.1) is 4.92 Å². The van der Waals surface area contributed by atoms with Crippen LogP contribution < -0.4 is 5.32 Å². The number of nitro groups is 1. The fourth-order valence-electron chi connectivity index (χ4n) is 1.81. The second-order valence-electron chi connectivity index (χ2n) is 5.67. The molecule has 0 heterocycles. The Bertz CT molecular complexity index is 480. The Kier molecular flexibility index (Phi) is 5.68. The maximum absolute atomic E-state index is 12.2. The Morgan fingerprint density at radius 3 is 2.30 bits per heavy atom. The molecule has 0 fully saturated rings. The SMILES string of the molecule is CC(C)(C)C(CCBr)NC(=O)c1ccc([N+](=O)[O-])cc1. The monoisotopic (exact) mass is 342 g/mol. The summed E-state index contributed by atoms with van der Waals surface area (Å²) in [6.45, 7) is 6.20. The Labute approximate surface area is 127 Å². The highest BCUT2D eigenvalue weighted by Crippen LogP contribution is 2.23. The molecule has 1 atom stereocenters. The van der Waals surface area contributed by atoms with Crippen LogP contribution in [0.15, 0.2) is 24.3 Å². The van der Waals surface area contributed by atoms with Crippen LogP contribution in [0.4, 0.5) is 5.69 Å². The molecule has 1 aromatic rings. The van der Waals surface area contributed by atoms with Crippen molar-refractivity contribution >= 4 is 27.5 Å². The minimum Gasteiger partial charge on any atom is -0.349 e. The molecule has 0 aliphatic carbocycles. The molecule has 0 spiro atoms. The Hall–Kier alpha value is -1.43. The number of carbonyl (C=O) groups excluding carboxylic acids is 1. The largest absolute Gasteiger partial charge is 0.349 e. The van der Waals surface area contributed by atoms with E-state index >= 15 is 0 Å². The van der Waals surface area contributed by atoms with Crippen LogP contribution in [-0.2, 0) is 0 Å². The second kappa shape index (κ2) is 6.83. The van der Waals surface area contributed by atoms with Crippen LogP contribution in [0.3, 0.4) is 0 Å². The first kappa shape index (κ1) is 16.6. The zero-order valence-corrected chi connectivity index (χ0v) is 13.4. The zero-order valence-electron chi connectivity index (χ0n) is 11.9. The third-order valence-electron chi connectivity index (χ3n) is 3.09. The van der Waals surface area contributed by atoms with E-state index in [0.717, 1.165) is 11.8 Å². The van der Waals surface area contributed by atoms with E-state index in [0.29, 0.717) is 5.56 Å². The highest BCUT2D eigenvalue weighted by Gasteiger charge is 2.26. The number of halogens is 1. The number of nitrogens with one attached hydrogen (secondary N) is 1. The van der Waals surface area contributed by atoms with Crippen molar-refractivity contribution in [1.29, 1.82) is 0 Å². The molecule has 1 amide bonds. The summed E-state index contributed by atoms with van der Waals surface area (Å²) in [4.78, 5) is 22.3. The molecular formula is C14H19BrN2O3. The smallest absolute Gasteiger partial charge is 0.269 e. The highest BCUT2D eigenvalue weighted by molar-refractivity contribution is 9.09. The Morgan fingerprint density at radius 1 is 1.35 bits per heavy atom. The summed E-state index contributed by atoms with van der Waals surface area (Å²) in [5.74, 6) is -0.208. The van der Waals surface area contributed by atoms with Crippen molar-refractivity contribution in [1.82, 2.24) is 5.32 Å². The molecule has 0 saturated carbocycles. The molecule has 1 aromatic carbocycles. The molecule has 0 saturated heterocycles. The van der Waals surface area contributed by atoms with Crippen LogP contribution in [-0.4, -0.2) is 22.2 Å². The third-order valence-corrected chi connectivity index (χ3v) is 3.55. The third kappa shape index (κ3) is 4.59. The minimum atomic E-state index is -0.482. The van der Waals surface area contributed by atoms with Gasteiger partial charge in [-0.15, -0.1) is 0 Å². The zero-order chi connectivity index (χ0) is 15.3. The molecule has 0 bridgehead atoms. The number of amides is 1. The highest BCUT2D eigenvalue weighted by atomic mass is 79.9. The lowest BCUT2D eigenvalue weighted by atomic mass is 9.85. The van der Waals surface area contributed by atoms with Gasteiger partial charge >= 0.3 is 0 Å². The number of non-ortho nitro benzene ring substituents is 1. The van der Waals surface area contributed by atoms with Gasteiger partial charge in [0.2, 0.25) is 0 Å². The summed E-state index contributed by atoms with van der Waals surface area (Å²) in [6, 6.07) is 5.66. The van der Waals surface area contributed by atoms with E-state index in [2.05, 4.69) is 42.0 Å². The van der Waals surface area contributed by atoms with Crippen LogP contribution in [0.1, 0.15) is 37.6 Å². The van der Waals surface area contributed by atoms with Gasteiger partial charge in [0.1, 0.15) is 0 Å². The lowest BCUT2D eigenvalue weighted by Gasteiger charge is -2.31. The topological polar surface area (TPSA) is 72.2 Å². The van der Waals surface area contributed by atoms with Gasteiger partial charge in [0.15, 0.2) is 0 Å². The summed E-state index contributed by atoms with van der Waals surface area (Å²) >= 11 is 3.39. The number of nitro benzene ring substituents is 1. The van der Waals surface area contributed by atoms with Crippen molar-refractivity contribution < 1.29 is 9.72 Å². The number of benzene rings is 1. The number of alkyl halides is 1. The summed E-state index contributed by atoms with van der Waals surface area (Å²) in [6.07, 6.45) is 0.822. The maximum Gasteiger partial charge on any atom is 0.269 e. The van der Waals surface area contributed by atoms with E-state index in [4.69, 9.17) is 0 Å². The van der Waals surface area contributed by atoms with Crippen molar-refractivity contribution in [2.24, 2.45) is 5.41 Å². The van der Waals surface area contributed by atoms with Gasteiger partial charge in [-0.05, 0) is 24.0 Å².